The van der Waals surface area contributed by atoms with Crippen molar-refractivity contribution in [2.24, 2.45) is 0 Å². The molecule has 130 valence electrons. The van der Waals surface area contributed by atoms with Crippen LogP contribution in [0, 0.1) is 10.4 Å². The summed E-state index contributed by atoms with van der Waals surface area (Å²) in [6, 6.07) is 3.84. The molecule has 0 bridgehead atoms. The number of hydrogen-bond donors (Lipinski definition) is 0. The molecule has 1 aromatic rings. The van der Waals surface area contributed by atoms with Crippen molar-refractivity contribution in [2.45, 2.75) is 19.5 Å². The molecule has 0 aromatic carbocycles. The van der Waals surface area contributed by atoms with Gasteiger partial charge >= 0.3 is 0 Å². The number of hydroxylamine groups is 2. The molecule has 1 aliphatic heterocycles. The minimum atomic E-state index is 0.786. The second-order valence-electron chi connectivity index (χ2n) is 6.07. The van der Waals surface area contributed by atoms with E-state index in [9.17, 15) is 10.4 Å². The molecule has 7 heteroatoms. The van der Waals surface area contributed by atoms with Gasteiger partial charge in [0, 0.05) is 49.0 Å². The van der Waals surface area contributed by atoms with Crippen LogP contribution >= 0.6 is 0 Å². The van der Waals surface area contributed by atoms with Gasteiger partial charge in [-0.1, -0.05) is 6.07 Å². The highest BCUT2D eigenvalue weighted by molar-refractivity contribution is 5.96. The molecule has 1 aromatic heterocycles. The second kappa shape index (κ2) is 7.21. The molecule has 2 aliphatic rings. The van der Waals surface area contributed by atoms with Gasteiger partial charge in [0.15, 0.2) is 12.4 Å². The third kappa shape index (κ3) is 4.06. The smallest absolute Gasteiger partial charge is 0.183 e. The van der Waals surface area contributed by atoms with Crippen molar-refractivity contribution >= 4 is 12.4 Å². The Balaban J connectivity index is 1.91. The van der Waals surface area contributed by atoms with Gasteiger partial charge in [0.25, 0.3) is 0 Å². The zero-order valence-corrected chi connectivity index (χ0v) is 14.4. The maximum Gasteiger partial charge on any atom is 0.183 e. The van der Waals surface area contributed by atoms with Crippen LogP contribution in [0.4, 0.5) is 0 Å². The van der Waals surface area contributed by atoms with Crippen LogP contribution in [0.2, 0.25) is 0 Å². The third-order valence-corrected chi connectivity index (χ3v) is 3.98. The van der Waals surface area contributed by atoms with Gasteiger partial charge in [-0.3, -0.25) is 0 Å². The highest BCUT2D eigenvalue weighted by atomic mass is 16.5. The van der Waals surface area contributed by atoms with E-state index in [1.807, 2.05) is 35.3 Å². The molecule has 7 nitrogen and oxygen atoms in total. The van der Waals surface area contributed by atoms with Crippen molar-refractivity contribution in [3.8, 4) is 11.1 Å². The van der Waals surface area contributed by atoms with E-state index in [0.717, 1.165) is 51.2 Å². The average Bonchev–Trinajstić information content (AvgIpc) is 3.17. The van der Waals surface area contributed by atoms with Gasteiger partial charge in [0.2, 0.25) is 0 Å². The van der Waals surface area contributed by atoms with Crippen LogP contribution < -0.4 is 0 Å². The molecule has 0 atom stereocenters. The lowest BCUT2D eigenvalue weighted by molar-refractivity contribution is -0.416. The summed E-state index contributed by atoms with van der Waals surface area (Å²) in [4.78, 5) is 4.04. The van der Waals surface area contributed by atoms with Crippen LogP contribution in [0.5, 0.6) is 0 Å². The molecule has 0 amide bonds. The maximum absolute atomic E-state index is 11.5. The number of pyridine rings is 1. The molecule has 0 saturated carbocycles. The van der Waals surface area contributed by atoms with E-state index in [0.29, 0.717) is 0 Å². The van der Waals surface area contributed by atoms with Crippen molar-refractivity contribution < 1.29 is 9.48 Å². The predicted molar refractivity (Wildman–Crippen MR) is 97.3 cm³/mol. The Kier molecular flexibility index (Phi) is 4.83. The summed E-state index contributed by atoms with van der Waals surface area (Å²) >= 11 is 0. The van der Waals surface area contributed by atoms with Crippen LogP contribution in [0.15, 0.2) is 43.2 Å². The molecule has 2 heterocycles. The summed E-state index contributed by atoms with van der Waals surface area (Å²) in [5.74, 6) is 0. The van der Waals surface area contributed by atoms with Gasteiger partial charge in [-0.25, -0.2) is 14.5 Å². The molecule has 3 rings (SSSR count). The monoisotopic (exact) mass is 339 g/mol. The standard InChI is InChI=1S/C18H21N5O2/c1-20(24)10-15-4-5-17-16(11-21(2)25)12-23(13-18(15)17)8-3-7-22-9-6-19-14-22/h4-6,9-14H,3,7-8H2,1-2H3/b20-10-,21-11-. The van der Waals surface area contributed by atoms with Crippen LogP contribution in [-0.4, -0.2) is 50.1 Å². The summed E-state index contributed by atoms with van der Waals surface area (Å²) in [7, 11) is 2.92. The van der Waals surface area contributed by atoms with Crippen LogP contribution in [-0.2, 0) is 13.1 Å². The van der Waals surface area contributed by atoms with Crippen molar-refractivity contribution in [1.29, 1.82) is 0 Å². The second-order valence-corrected chi connectivity index (χ2v) is 6.07. The summed E-state index contributed by atoms with van der Waals surface area (Å²) in [5.41, 5.74) is 3.60. The number of rotatable bonds is 6. The van der Waals surface area contributed by atoms with Crippen LogP contribution in [0.3, 0.4) is 0 Å². The molecule has 0 spiro atoms. The number of aryl methyl sites for hydroxylation is 2. The van der Waals surface area contributed by atoms with Gasteiger partial charge in [-0.05, 0) is 18.1 Å². The first kappa shape index (κ1) is 16.8. The van der Waals surface area contributed by atoms with Crippen molar-refractivity contribution in [3.05, 3.63) is 64.8 Å². The number of hydrogen-bond acceptors (Lipinski definition) is 3. The van der Waals surface area contributed by atoms with Gasteiger partial charge in [0.05, 0.1) is 11.9 Å². The first-order chi connectivity index (χ1) is 12.0. The van der Waals surface area contributed by atoms with E-state index >= 15 is 0 Å². The first-order valence-electron chi connectivity index (χ1n) is 8.11. The minimum absolute atomic E-state index is 0.786. The zero-order valence-electron chi connectivity index (χ0n) is 14.4. The number of fused-ring (bicyclic) bond motifs is 1. The Bertz CT molecular complexity index is 869. The summed E-state index contributed by atoms with van der Waals surface area (Å²) in [5, 5.41) is 22.9. The lowest BCUT2D eigenvalue weighted by Gasteiger charge is -2.13. The SMILES string of the molecule is C/[N+]([O-])=C/c1cn(CCCn2ccnc2)cc2c(/C=[N+](/C)[O-])ccc1-2. The van der Waals surface area contributed by atoms with Gasteiger partial charge in [-0.15, -0.1) is 0 Å². The largest absolute Gasteiger partial charge is 0.624 e. The normalized spacial score (nSPS) is 12.9. The van der Waals surface area contributed by atoms with E-state index in [2.05, 4.69) is 9.55 Å². The fourth-order valence-corrected chi connectivity index (χ4v) is 2.95. The fraction of sp³-hybridized carbons (Fsp3) is 0.278. The van der Waals surface area contributed by atoms with E-state index in [-0.39, 0.29) is 0 Å². The molecular formula is C18H21N5O2. The quantitative estimate of drug-likeness (QED) is 0.298. The molecule has 1 aliphatic carbocycles. The molecule has 0 fully saturated rings. The Hall–Kier alpha value is -3.09. The number of aromatic nitrogens is 3. The molecule has 25 heavy (non-hydrogen) atoms. The summed E-state index contributed by atoms with van der Waals surface area (Å²) in [6.45, 7) is 1.67. The van der Waals surface area contributed by atoms with Crippen LogP contribution in [0.25, 0.3) is 11.1 Å². The van der Waals surface area contributed by atoms with Crippen molar-refractivity contribution in [1.82, 2.24) is 14.1 Å². The Morgan fingerprint density at radius 1 is 0.960 bits per heavy atom. The molecule has 0 N–H and O–H groups in total. The van der Waals surface area contributed by atoms with E-state index in [4.69, 9.17) is 0 Å². The van der Waals surface area contributed by atoms with Crippen molar-refractivity contribution in [3.63, 3.8) is 0 Å². The van der Waals surface area contributed by atoms with E-state index in [1.54, 1.807) is 25.0 Å². The first-order valence-corrected chi connectivity index (χ1v) is 8.11. The van der Waals surface area contributed by atoms with E-state index < -0.39 is 0 Å². The highest BCUT2D eigenvalue weighted by Crippen LogP contribution is 2.29. The van der Waals surface area contributed by atoms with Gasteiger partial charge < -0.3 is 19.5 Å². The van der Waals surface area contributed by atoms with Crippen molar-refractivity contribution in [2.75, 3.05) is 14.1 Å². The number of nitrogens with zero attached hydrogens (tertiary/aromatic N) is 5. The molecule has 0 radical (unpaired) electrons. The topological polar surface area (TPSA) is 74.9 Å². The third-order valence-electron chi connectivity index (χ3n) is 3.98. The maximum atomic E-state index is 11.5. The Morgan fingerprint density at radius 2 is 1.68 bits per heavy atom. The minimum Gasteiger partial charge on any atom is -0.624 e. The summed E-state index contributed by atoms with van der Waals surface area (Å²) < 4.78 is 5.68. The molecule has 0 unspecified atom stereocenters. The van der Waals surface area contributed by atoms with Gasteiger partial charge in [-0.2, -0.15) is 0 Å². The fourth-order valence-electron chi connectivity index (χ4n) is 2.95. The predicted octanol–water partition coefficient (Wildman–Crippen LogP) is 2.00. The zero-order chi connectivity index (χ0) is 17.8. The molecule has 0 saturated heterocycles. The van der Waals surface area contributed by atoms with Crippen LogP contribution in [0.1, 0.15) is 17.5 Å². The molecular weight excluding hydrogens is 318 g/mol. The van der Waals surface area contributed by atoms with Gasteiger partial charge in [0.1, 0.15) is 14.1 Å². The van der Waals surface area contributed by atoms with E-state index in [1.165, 1.54) is 14.1 Å². The highest BCUT2D eigenvalue weighted by Gasteiger charge is 2.16. The lowest BCUT2D eigenvalue weighted by atomic mass is 10.0. The summed E-state index contributed by atoms with van der Waals surface area (Å²) in [6.07, 6.45) is 13.5. The lowest BCUT2D eigenvalue weighted by Crippen LogP contribution is -2.08. The Labute approximate surface area is 146 Å². The number of imidazole rings is 1. The average molecular weight is 339 g/mol. The Morgan fingerprint density at radius 3 is 2.36 bits per heavy atom.